The van der Waals surface area contributed by atoms with Crippen LogP contribution in [-0.4, -0.2) is 35.1 Å². The van der Waals surface area contributed by atoms with Crippen molar-refractivity contribution in [1.82, 2.24) is 15.1 Å². The molecule has 0 amide bonds. The van der Waals surface area contributed by atoms with Gasteiger partial charge < -0.3 is 10.1 Å². The Hall–Kier alpha value is -0.870. The van der Waals surface area contributed by atoms with E-state index in [1.54, 1.807) is 0 Å². The average Bonchev–Trinajstić information content (AvgIpc) is 3.05. The Balaban J connectivity index is 2.09. The summed E-state index contributed by atoms with van der Waals surface area (Å²) in [6, 6.07) is 0.379. The molecule has 1 aromatic rings. The number of nitrogens with zero attached hydrogens (tertiary/aromatic N) is 2. The highest BCUT2D eigenvalue weighted by Crippen LogP contribution is 2.37. The van der Waals surface area contributed by atoms with Gasteiger partial charge in [-0.15, -0.1) is 0 Å². The Morgan fingerprint density at radius 1 is 1.42 bits per heavy atom. The molecule has 0 aromatic carbocycles. The molecule has 0 aliphatic heterocycles. The van der Waals surface area contributed by atoms with Crippen molar-refractivity contribution in [2.75, 3.05) is 13.7 Å². The zero-order chi connectivity index (χ0) is 13.7. The highest BCUT2D eigenvalue weighted by Gasteiger charge is 2.41. The van der Waals surface area contributed by atoms with Gasteiger partial charge in [-0.25, -0.2) is 0 Å². The number of likely N-dealkylation sites (N-methyl/N-ethyl adjacent to an activating group) is 1. The molecule has 1 aliphatic rings. The van der Waals surface area contributed by atoms with Gasteiger partial charge in [-0.05, 0) is 45.7 Å². The van der Waals surface area contributed by atoms with Gasteiger partial charge in [-0.1, -0.05) is 12.8 Å². The lowest BCUT2D eigenvalue weighted by molar-refractivity contribution is -0.0597. The molecule has 1 saturated carbocycles. The fraction of sp³-hybridized carbons (Fsp3) is 0.800. The number of nitrogens with one attached hydrogen (secondary N) is 1. The number of ether oxygens (including phenoxy) is 1. The van der Waals surface area contributed by atoms with E-state index in [1.165, 1.54) is 31.2 Å². The highest BCUT2D eigenvalue weighted by molar-refractivity contribution is 5.10. The van der Waals surface area contributed by atoms with Crippen LogP contribution in [0, 0.1) is 0 Å². The van der Waals surface area contributed by atoms with E-state index in [2.05, 4.69) is 30.5 Å². The van der Waals surface area contributed by atoms with Crippen molar-refractivity contribution < 1.29 is 4.74 Å². The zero-order valence-electron chi connectivity index (χ0n) is 12.5. The van der Waals surface area contributed by atoms with Gasteiger partial charge in [-0.3, -0.25) is 4.68 Å². The standard InChI is InChI=1S/C15H27N3O/c1-4-18-12-13(11-17-18)10-14(16-3)15(19-5-2)8-6-7-9-15/h11-12,14,16H,4-10H2,1-3H3. The van der Waals surface area contributed by atoms with Crippen LogP contribution in [0.1, 0.15) is 45.1 Å². The van der Waals surface area contributed by atoms with E-state index in [-0.39, 0.29) is 5.60 Å². The molecule has 1 aliphatic carbocycles. The first kappa shape index (κ1) is 14.5. The minimum absolute atomic E-state index is 0.0256. The van der Waals surface area contributed by atoms with Gasteiger partial charge in [0.2, 0.25) is 0 Å². The molecular formula is C15H27N3O. The van der Waals surface area contributed by atoms with Crippen molar-refractivity contribution in [3.05, 3.63) is 18.0 Å². The first-order chi connectivity index (χ1) is 9.24. The maximum atomic E-state index is 6.16. The van der Waals surface area contributed by atoms with Gasteiger partial charge in [0.1, 0.15) is 0 Å². The van der Waals surface area contributed by atoms with E-state index in [4.69, 9.17) is 4.74 Å². The highest BCUT2D eigenvalue weighted by atomic mass is 16.5. The Bertz CT molecular complexity index is 382. The molecule has 1 N–H and O–H groups in total. The van der Waals surface area contributed by atoms with Gasteiger partial charge in [0, 0.05) is 25.4 Å². The second kappa shape index (κ2) is 6.53. The number of rotatable bonds is 7. The van der Waals surface area contributed by atoms with E-state index in [9.17, 15) is 0 Å². The Labute approximate surface area is 116 Å². The van der Waals surface area contributed by atoms with Gasteiger partial charge in [0.05, 0.1) is 11.8 Å². The van der Waals surface area contributed by atoms with Crippen LogP contribution in [-0.2, 0) is 17.7 Å². The summed E-state index contributed by atoms with van der Waals surface area (Å²) in [6.45, 7) is 5.94. The van der Waals surface area contributed by atoms with Gasteiger partial charge >= 0.3 is 0 Å². The Morgan fingerprint density at radius 3 is 2.68 bits per heavy atom. The molecule has 4 nitrogen and oxygen atoms in total. The molecule has 1 fully saturated rings. The first-order valence-corrected chi connectivity index (χ1v) is 7.56. The second-order valence-electron chi connectivity index (χ2n) is 5.45. The lowest BCUT2D eigenvalue weighted by Gasteiger charge is -2.37. The summed E-state index contributed by atoms with van der Waals surface area (Å²) in [7, 11) is 2.05. The number of hydrogen-bond acceptors (Lipinski definition) is 3. The molecule has 2 rings (SSSR count). The van der Waals surface area contributed by atoms with Crippen LogP contribution in [0.2, 0.25) is 0 Å². The third-order valence-electron chi connectivity index (χ3n) is 4.32. The molecule has 1 atom stereocenters. The fourth-order valence-electron chi connectivity index (χ4n) is 3.33. The van der Waals surface area contributed by atoms with Crippen molar-refractivity contribution in [3.8, 4) is 0 Å². The van der Waals surface area contributed by atoms with Crippen molar-refractivity contribution >= 4 is 0 Å². The molecule has 0 radical (unpaired) electrons. The van der Waals surface area contributed by atoms with E-state index in [0.29, 0.717) is 6.04 Å². The zero-order valence-corrected chi connectivity index (χ0v) is 12.5. The second-order valence-corrected chi connectivity index (χ2v) is 5.45. The molecule has 1 heterocycles. The van der Waals surface area contributed by atoms with E-state index < -0.39 is 0 Å². The topological polar surface area (TPSA) is 39.1 Å². The largest absolute Gasteiger partial charge is 0.374 e. The molecule has 0 spiro atoms. The summed E-state index contributed by atoms with van der Waals surface area (Å²) >= 11 is 0. The van der Waals surface area contributed by atoms with Gasteiger partial charge in [0.15, 0.2) is 0 Å². The van der Waals surface area contributed by atoms with Gasteiger partial charge in [-0.2, -0.15) is 5.10 Å². The smallest absolute Gasteiger partial charge is 0.0837 e. The van der Waals surface area contributed by atoms with E-state index in [1.807, 2.05) is 17.9 Å². The van der Waals surface area contributed by atoms with Gasteiger partial charge in [0.25, 0.3) is 0 Å². The monoisotopic (exact) mass is 265 g/mol. The first-order valence-electron chi connectivity index (χ1n) is 7.56. The van der Waals surface area contributed by atoms with Crippen molar-refractivity contribution in [2.45, 2.75) is 64.1 Å². The third kappa shape index (κ3) is 3.18. The normalized spacial score (nSPS) is 19.7. The van der Waals surface area contributed by atoms with Crippen LogP contribution in [0.3, 0.4) is 0 Å². The summed E-state index contributed by atoms with van der Waals surface area (Å²) in [5.74, 6) is 0. The van der Waals surface area contributed by atoms with Crippen LogP contribution in [0.4, 0.5) is 0 Å². The summed E-state index contributed by atoms with van der Waals surface area (Å²) in [4.78, 5) is 0. The Morgan fingerprint density at radius 2 is 2.16 bits per heavy atom. The lowest BCUT2D eigenvalue weighted by atomic mass is 9.88. The molecule has 0 bridgehead atoms. The van der Waals surface area contributed by atoms with Crippen LogP contribution in [0.15, 0.2) is 12.4 Å². The maximum absolute atomic E-state index is 6.16. The molecule has 0 saturated heterocycles. The molecular weight excluding hydrogens is 238 g/mol. The third-order valence-corrected chi connectivity index (χ3v) is 4.32. The predicted octanol–water partition coefficient (Wildman–Crippen LogP) is 2.38. The van der Waals surface area contributed by atoms with Crippen molar-refractivity contribution in [2.24, 2.45) is 0 Å². The summed E-state index contributed by atoms with van der Waals surface area (Å²) in [5.41, 5.74) is 1.32. The summed E-state index contributed by atoms with van der Waals surface area (Å²) in [6.07, 6.45) is 10.1. The number of aryl methyl sites for hydroxylation is 1. The van der Waals surface area contributed by atoms with Crippen LogP contribution < -0.4 is 5.32 Å². The van der Waals surface area contributed by atoms with Crippen molar-refractivity contribution in [3.63, 3.8) is 0 Å². The molecule has 4 heteroatoms. The summed E-state index contributed by atoms with van der Waals surface area (Å²) < 4.78 is 8.15. The fourth-order valence-corrected chi connectivity index (χ4v) is 3.33. The lowest BCUT2D eigenvalue weighted by Crippen LogP contribution is -2.51. The number of aromatic nitrogens is 2. The SMILES string of the molecule is CCOC1(C(Cc2cnn(CC)c2)NC)CCCC1. The average molecular weight is 265 g/mol. The van der Waals surface area contributed by atoms with E-state index >= 15 is 0 Å². The van der Waals surface area contributed by atoms with E-state index in [0.717, 1.165) is 19.6 Å². The van der Waals surface area contributed by atoms with Crippen LogP contribution in [0.5, 0.6) is 0 Å². The Kier molecular flexibility index (Phi) is 4.99. The predicted molar refractivity (Wildman–Crippen MR) is 77.3 cm³/mol. The maximum Gasteiger partial charge on any atom is 0.0837 e. The molecule has 1 aromatic heterocycles. The molecule has 19 heavy (non-hydrogen) atoms. The summed E-state index contributed by atoms with van der Waals surface area (Å²) in [5, 5.41) is 7.85. The van der Waals surface area contributed by atoms with Crippen LogP contribution in [0.25, 0.3) is 0 Å². The van der Waals surface area contributed by atoms with Crippen LogP contribution >= 0.6 is 0 Å². The minimum atomic E-state index is 0.0256. The number of hydrogen-bond donors (Lipinski definition) is 1. The van der Waals surface area contributed by atoms with Crippen molar-refractivity contribution in [1.29, 1.82) is 0 Å². The minimum Gasteiger partial charge on any atom is -0.374 e. The molecule has 1 unspecified atom stereocenters. The molecule has 108 valence electrons. The quantitative estimate of drug-likeness (QED) is 0.822.